The Labute approximate surface area is 112 Å². The number of fused-ring (bicyclic) bond motifs is 5. The Morgan fingerprint density at radius 3 is 3.11 bits per heavy atom. The van der Waals surface area contributed by atoms with Gasteiger partial charge in [-0.2, -0.15) is 5.26 Å². The van der Waals surface area contributed by atoms with Gasteiger partial charge in [-0.05, 0) is 18.1 Å². The van der Waals surface area contributed by atoms with Gasteiger partial charge in [0.2, 0.25) is 0 Å². The average Bonchev–Trinajstić information content (AvgIpc) is 2.85. The number of H-pyrrole nitrogens is 1. The molecule has 0 radical (unpaired) electrons. The molecule has 0 saturated carbocycles. The summed E-state index contributed by atoms with van der Waals surface area (Å²) in [4.78, 5) is 5.96. The van der Waals surface area contributed by atoms with Gasteiger partial charge in [0.25, 0.3) is 0 Å². The van der Waals surface area contributed by atoms with E-state index in [1.54, 1.807) is 0 Å². The molecule has 3 heteroatoms. The third-order valence-corrected chi connectivity index (χ3v) is 4.36. The minimum Gasteiger partial charge on any atom is -0.357 e. The molecule has 1 N–H and O–H groups in total. The number of aromatic nitrogens is 1. The number of hydrogen-bond donors (Lipinski definition) is 1. The van der Waals surface area contributed by atoms with Gasteiger partial charge in [0.1, 0.15) is 0 Å². The van der Waals surface area contributed by atoms with E-state index in [0.717, 1.165) is 19.5 Å². The molecule has 0 bridgehead atoms. The van der Waals surface area contributed by atoms with Crippen LogP contribution in [0.2, 0.25) is 0 Å². The van der Waals surface area contributed by atoms with Crippen LogP contribution in [-0.4, -0.2) is 23.0 Å². The third kappa shape index (κ3) is 1.47. The van der Waals surface area contributed by atoms with Gasteiger partial charge >= 0.3 is 0 Å². The SMILES string of the molecule is N#C[C@@H]1C=CCN2CCc3c([nH]c4ccccc34)[C@@H]12. The molecule has 94 valence electrons. The van der Waals surface area contributed by atoms with Crippen molar-refractivity contribution < 1.29 is 0 Å². The molecular formula is C16H15N3. The molecule has 3 nitrogen and oxygen atoms in total. The van der Waals surface area contributed by atoms with Gasteiger partial charge in [-0.15, -0.1) is 0 Å². The standard InChI is InChI=1S/C16H15N3/c17-10-11-4-3-8-19-9-7-13-12-5-1-2-6-14(12)18-15(13)16(11)19/h1-6,11,16,18H,7-9H2/t11-,16+/m0/s1. The van der Waals surface area contributed by atoms with Crippen molar-refractivity contribution in [3.8, 4) is 6.07 Å². The number of aromatic amines is 1. The minimum atomic E-state index is -0.0409. The summed E-state index contributed by atoms with van der Waals surface area (Å²) < 4.78 is 0. The van der Waals surface area contributed by atoms with E-state index >= 15 is 0 Å². The molecule has 0 fully saturated rings. The van der Waals surface area contributed by atoms with Gasteiger partial charge in [0.15, 0.2) is 0 Å². The molecule has 2 aliphatic heterocycles. The summed E-state index contributed by atoms with van der Waals surface area (Å²) in [7, 11) is 0. The molecule has 0 aliphatic carbocycles. The summed E-state index contributed by atoms with van der Waals surface area (Å²) in [5.74, 6) is -0.0409. The summed E-state index contributed by atoms with van der Waals surface area (Å²) in [5, 5.41) is 10.7. The van der Waals surface area contributed by atoms with E-state index in [0.29, 0.717) is 0 Å². The van der Waals surface area contributed by atoms with Crippen LogP contribution in [-0.2, 0) is 6.42 Å². The first kappa shape index (κ1) is 10.8. The van der Waals surface area contributed by atoms with Crippen molar-refractivity contribution >= 4 is 10.9 Å². The summed E-state index contributed by atoms with van der Waals surface area (Å²) in [6.45, 7) is 2.00. The van der Waals surface area contributed by atoms with E-state index < -0.39 is 0 Å². The molecule has 2 atom stereocenters. The van der Waals surface area contributed by atoms with Crippen molar-refractivity contribution in [1.29, 1.82) is 5.26 Å². The number of nitrogens with one attached hydrogen (secondary N) is 1. The van der Waals surface area contributed by atoms with E-state index in [-0.39, 0.29) is 12.0 Å². The summed E-state index contributed by atoms with van der Waals surface area (Å²) in [6, 6.07) is 11.1. The summed E-state index contributed by atoms with van der Waals surface area (Å²) >= 11 is 0. The van der Waals surface area contributed by atoms with Crippen LogP contribution in [0.5, 0.6) is 0 Å². The Hall–Kier alpha value is -2.05. The van der Waals surface area contributed by atoms with Crippen LogP contribution in [0, 0.1) is 17.2 Å². The predicted molar refractivity (Wildman–Crippen MR) is 74.6 cm³/mol. The zero-order chi connectivity index (χ0) is 12.8. The van der Waals surface area contributed by atoms with Crippen LogP contribution in [0.25, 0.3) is 10.9 Å². The van der Waals surface area contributed by atoms with Crippen LogP contribution in [0.3, 0.4) is 0 Å². The zero-order valence-electron chi connectivity index (χ0n) is 10.6. The Kier molecular flexibility index (Phi) is 2.27. The number of nitrogens with zero attached hydrogens (tertiary/aromatic N) is 2. The number of hydrogen-bond acceptors (Lipinski definition) is 2. The van der Waals surface area contributed by atoms with Crippen molar-refractivity contribution in [3.63, 3.8) is 0 Å². The molecule has 4 rings (SSSR count). The lowest BCUT2D eigenvalue weighted by atomic mass is 9.87. The Bertz CT molecular complexity index is 704. The third-order valence-electron chi connectivity index (χ3n) is 4.36. The van der Waals surface area contributed by atoms with Crippen LogP contribution in [0.1, 0.15) is 17.3 Å². The van der Waals surface area contributed by atoms with Crippen LogP contribution >= 0.6 is 0 Å². The maximum absolute atomic E-state index is 9.39. The van der Waals surface area contributed by atoms with Crippen molar-refractivity contribution in [3.05, 3.63) is 47.7 Å². The van der Waals surface area contributed by atoms with Crippen molar-refractivity contribution in [2.24, 2.45) is 5.92 Å². The van der Waals surface area contributed by atoms with E-state index in [9.17, 15) is 5.26 Å². The van der Waals surface area contributed by atoms with Crippen LogP contribution in [0.4, 0.5) is 0 Å². The molecule has 0 amide bonds. The first-order valence-electron chi connectivity index (χ1n) is 6.78. The highest BCUT2D eigenvalue weighted by atomic mass is 15.2. The quantitative estimate of drug-likeness (QED) is 0.729. The Morgan fingerprint density at radius 1 is 1.32 bits per heavy atom. The van der Waals surface area contributed by atoms with Crippen molar-refractivity contribution in [2.45, 2.75) is 12.5 Å². The smallest absolute Gasteiger partial charge is 0.0855 e. The average molecular weight is 249 g/mol. The second-order valence-electron chi connectivity index (χ2n) is 5.34. The maximum Gasteiger partial charge on any atom is 0.0855 e. The van der Waals surface area contributed by atoms with E-state index in [2.05, 4.69) is 52.4 Å². The Morgan fingerprint density at radius 2 is 2.21 bits per heavy atom. The van der Waals surface area contributed by atoms with E-state index in [1.807, 2.05) is 0 Å². The molecule has 1 aromatic heterocycles. The zero-order valence-corrected chi connectivity index (χ0v) is 10.6. The molecule has 0 saturated heterocycles. The molecule has 3 heterocycles. The van der Waals surface area contributed by atoms with Crippen LogP contribution < -0.4 is 0 Å². The van der Waals surface area contributed by atoms with Gasteiger partial charge in [0, 0.05) is 29.7 Å². The van der Waals surface area contributed by atoms with Crippen molar-refractivity contribution in [1.82, 2.24) is 9.88 Å². The first-order chi connectivity index (χ1) is 9.38. The molecular weight excluding hydrogens is 234 g/mol. The fourth-order valence-corrected chi connectivity index (χ4v) is 3.49. The fraction of sp³-hybridized carbons (Fsp3) is 0.312. The first-order valence-corrected chi connectivity index (χ1v) is 6.78. The fourth-order valence-electron chi connectivity index (χ4n) is 3.49. The van der Waals surface area contributed by atoms with E-state index in [1.165, 1.54) is 22.2 Å². The highest BCUT2D eigenvalue weighted by molar-refractivity contribution is 5.85. The molecule has 19 heavy (non-hydrogen) atoms. The maximum atomic E-state index is 9.39. The Balaban J connectivity index is 1.93. The van der Waals surface area contributed by atoms with Gasteiger partial charge in [-0.3, -0.25) is 4.90 Å². The largest absolute Gasteiger partial charge is 0.357 e. The number of nitriles is 1. The molecule has 2 aromatic rings. The van der Waals surface area contributed by atoms with Gasteiger partial charge in [-0.25, -0.2) is 0 Å². The van der Waals surface area contributed by atoms with Gasteiger partial charge < -0.3 is 4.98 Å². The lowest BCUT2D eigenvalue weighted by Gasteiger charge is -2.39. The molecule has 1 aromatic carbocycles. The molecule has 0 unspecified atom stereocenters. The van der Waals surface area contributed by atoms with Gasteiger partial charge in [0.05, 0.1) is 18.0 Å². The van der Waals surface area contributed by atoms with E-state index in [4.69, 9.17) is 0 Å². The molecule has 0 spiro atoms. The minimum absolute atomic E-state index is 0.0409. The van der Waals surface area contributed by atoms with Crippen molar-refractivity contribution in [2.75, 3.05) is 13.1 Å². The highest BCUT2D eigenvalue weighted by Gasteiger charge is 2.36. The number of rotatable bonds is 0. The topological polar surface area (TPSA) is 42.8 Å². The molecule has 2 aliphatic rings. The second-order valence-corrected chi connectivity index (χ2v) is 5.34. The second kappa shape index (κ2) is 3.97. The normalized spacial score (nSPS) is 25.8. The number of benzene rings is 1. The van der Waals surface area contributed by atoms with Crippen LogP contribution in [0.15, 0.2) is 36.4 Å². The lowest BCUT2D eigenvalue weighted by molar-refractivity contribution is 0.171. The summed E-state index contributed by atoms with van der Waals surface area (Å²) in [5.41, 5.74) is 3.86. The predicted octanol–water partition coefficient (Wildman–Crippen LogP) is 2.78. The monoisotopic (exact) mass is 249 g/mol. The van der Waals surface area contributed by atoms with Gasteiger partial charge in [-0.1, -0.05) is 30.4 Å². The lowest BCUT2D eigenvalue weighted by Crippen LogP contribution is -2.40. The number of para-hydroxylation sites is 1. The summed E-state index contributed by atoms with van der Waals surface area (Å²) in [6.07, 6.45) is 5.25. The highest BCUT2D eigenvalue weighted by Crippen LogP contribution is 2.40.